The van der Waals surface area contributed by atoms with Crippen molar-refractivity contribution < 1.29 is 14.3 Å². The van der Waals surface area contributed by atoms with E-state index < -0.39 is 11.9 Å². The fraction of sp³-hybridized carbons (Fsp3) is 0.333. The number of aromatic amines is 1. The molecule has 4 rings (SSSR count). The lowest BCUT2D eigenvalue weighted by atomic mass is 9.92. The average molecular weight is 476 g/mol. The smallest absolute Gasteiger partial charge is 0.306 e. The third kappa shape index (κ3) is 5.31. The zero-order chi connectivity index (χ0) is 22.7. The molecule has 2 aromatic carbocycles. The highest BCUT2D eigenvalue weighted by molar-refractivity contribution is 6.36. The molecule has 0 amide bonds. The SMILES string of the molecule is O=C(O)C(CCNC1CCc2[nH]ncc2C1)Cc1c(Cl)cc(-c2ccc(F)cc2)cc1Cl. The van der Waals surface area contributed by atoms with Gasteiger partial charge < -0.3 is 10.4 Å². The number of carboxylic acids is 1. The molecule has 0 bridgehead atoms. The number of carboxylic acid groups (broad SMARTS) is 1. The van der Waals surface area contributed by atoms with Crippen molar-refractivity contribution in [2.24, 2.45) is 5.92 Å². The first kappa shape index (κ1) is 22.8. The number of H-pyrrole nitrogens is 1. The van der Waals surface area contributed by atoms with Crippen LogP contribution in [0.4, 0.5) is 4.39 Å². The summed E-state index contributed by atoms with van der Waals surface area (Å²) in [6, 6.07) is 9.86. The highest BCUT2D eigenvalue weighted by Gasteiger charge is 2.23. The molecule has 168 valence electrons. The summed E-state index contributed by atoms with van der Waals surface area (Å²) >= 11 is 13.0. The van der Waals surface area contributed by atoms with Crippen LogP contribution in [0, 0.1) is 11.7 Å². The number of hydrogen-bond donors (Lipinski definition) is 3. The van der Waals surface area contributed by atoms with Gasteiger partial charge in [-0.2, -0.15) is 5.10 Å². The van der Waals surface area contributed by atoms with Crippen LogP contribution in [0.15, 0.2) is 42.6 Å². The summed E-state index contributed by atoms with van der Waals surface area (Å²) < 4.78 is 13.2. The molecule has 1 aliphatic rings. The van der Waals surface area contributed by atoms with Gasteiger partial charge in [0.1, 0.15) is 5.82 Å². The van der Waals surface area contributed by atoms with Crippen molar-refractivity contribution >= 4 is 29.2 Å². The van der Waals surface area contributed by atoms with Crippen molar-refractivity contribution in [1.29, 1.82) is 0 Å². The lowest BCUT2D eigenvalue weighted by Gasteiger charge is -2.24. The Morgan fingerprint density at radius 3 is 2.62 bits per heavy atom. The lowest BCUT2D eigenvalue weighted by Crippen LogP contribution is -2.36. The van der Waals surface area contributed by atoms with Crippen molar-refractivity contribution in [3.63, 3.8) is 0 Å². The summed E-state index contributed by atoms with van der Waals surface area (Å²) in [4.78, 5) is 11.9. The fourth-order valence-corrected chi connectivity index (χ4v) is 4.86. The number of rotatable bonds is 8. The van der Waals surface area contributed by atoms with Crippen LogP contribution >= 0.6 is 23.2 Å². The zero-order valence-electron chi connectivity index (χ0n) is 17.4. The Kier molecular flexibility index (Phi) is 7.13. The maximum Gasteiger partial charge on any atom is 0.306 e. The molecule has 1 heterocycles. The van der Waals surface area contributed by atoms with Gasteiger partial charge in [-0.05, 0) is 85.2 Å². The molecule has 0 saturated carbocycles. The molecular weight excluding hydrogens is 452 g/mol. The summed E-state index contributed by atoms with van der Waals surface area (Å²) in [6.45, 7) is 0.595. The van der Waals surface area contributed by atoms with E-state index in [1.807, 2.05) is 6.20 Å². The number of aromatic nitrogens is 2. The second-order valence-corrected chi connectivity index (χ2v) is 9.04. The molecule has 2 unspecified atom stereocenters. The predicted molar refractivity (Wildman–Crippen MR) is 124 cm³/mol. The van der Waals surface area contributed by atoms with Crippen LogP contribution in [0.5, 0.6) is 0 Å². The van der Waals surface area contributed by atoms with Gasteiger partial charge in [-0.25, -0.2) is 4.39 Å². The second-order valence-electron chi connectivity index (χ2n) is 8.22. The molecule has 0 radical (unpaired) electrons. The molecule has 32 heavy (non-hydrogen) atoms. The largest absolute Gasteiger partial charge is 0.481 e. The Labute approximate surface area is 195 Å². The monoisotopic (exact) mass is 475 g/mol. The van der Waals surface area contributed by atoms with E-state index in [2.05, 4.69) is 15.5 Å². The molecule has 1 aliphatic carbocycles. The minimum atomic E-state index is -0.873. The van der Waals surface area contributed by atoms with E-state index in [4.69, 9.17) is 23.2 Å². The van der Waals surface area contributed by atoms with Gasteiger partial charge in [0.2, 0.25) is 0 Å². The number of halogens is 3. The summed E-state index contributed by atoms with van der Waals surface area (Å²) in [5.74, 6) is -1.80. The number of fused-ring (bicyclic) bond motifs is 1. The van der Waals surface area contributed by atoms with Crippen LogP contribution in [0.1, 0.15) is 29.7 Å². The standard InChI is InChI=1S/C24H24Cl2FN3O2/c25-21-11-16(14-1-3-18(27)4-2-14)12-22(26)20(21)10-15(24(31)32)7-8-28-19-5-6-23-17(9-19)13-29-30-23/h1-4,11-13,15,19,28H,5-10H2,(H,29,30)(H,31,32). The third-order valence-electron chi connectivity index (χ3n) is 6.06. The van der Waals surface area contributed by atoms with E-state index in [-0.39, 0.29) is 12.2 Å². The number of benzene rings is 2. The van der Waals surface area contributed by atoms with Crippen LogP contribution in [-0.2, 0) is 24.1 Å². The van der Waals surface area contributed by atoms with Crippen LogP contribution < -0.4 is 5.32 Å². The van der Waals surface area contributed by atoms with Crippen LogP contribution in [-0.4, -0.2) is 33.9 Å². The molecule has 1 aromatic heterocycles. The normalized spacial score (nSPS) is 16.5. The maximum absolute atomic E-state index is 13.2. The first-order valence-electron chi connectivity index (χ1n) is 10.6. The van der Waals surface area contributed by atoms with E-state index in [9.17, 15) is 14.3 Å². The van der Waals surface area contributed by atoms with Gasteiger partial charge in [0, 0.05) is 21.8 Å². The lowest BCUT2D eigenvalue weighted by molar-refractivity contribution is -0.141. The zero-order valence-corrected chi connectivity index (χ0v) is 18.9. The van der Waals surface area contributed by atoms with Crippen molar-refractivity contribution in [2.75, 3.05) is 6.54 Å². The Balaban J connectivity index is 1.39. The molecule has 3 aromatic rings. The third-order valence-corrected chi connectivity index (χ3v) is 6.74. The van der Waals surface area contributed by atoms with E-state index in [0.717, 1.165) is 30.4 Å². The van der Waals surface area contributed by atoms with Gasteiger partial charge in [0.25, 0.3) is 0 Å². The molecule has 0 spiro atoms. The topological polar surface area (TPSA) is 78.0 Å². The van der Waals surface area contributed by atoms with E-state index >= 15 is 0 Å². The quantitative estimate of drug-likeness (QED) is 0.412. The Morgan fingerprint density at radius 1 is 1.22 bits per heavy atom. The van der Waals surface area contributed by atoms with Gasteiger partial charge in [0.15, 0.2) is 0 Å². The summed E-state index contributed by atoms with van der Waals surface area (Å²) in [5.41, 5.74) is 4.58. The Morgan fingerprint density at radius 2 is 1.94 bits per heavy atom. The second kappa shape index (κ2) is 10.0. The van der Waals surface area contributed by atoms with Crippen LogP contribution in [0.3, 0.4) is 0 Å². The van der Waals surface area contributed by atoms with Gasteiger partial charge in [0.05, 0.1) is 12.1 Å². The van der Waals surface area contributed by atoms with Gasteiger partial charge >= 0.3 is 5.97 Å². The van der Waals surface area contributed by atoms with Crippen LogP contribution in [0.25, 0.3) is 11.1 Å². The molecule has 0 saturated heterocycles. The number of aliphatic carboxylic acids is 1. The maximum atomic E-state index is 13.2. The highest BCUT2D eigenvalue weighted by atomic mass is 35.5. The van der Waals surface area contributed by atoms with E-state index in [1.165, 1.54) is 23.4 Å². The molecule has 0 fully saturated rings. The van der Waals surface area contributed by atoms with Crippen molar-refractivity contribution in [1.82, 2.24) is 15.5 Å². The highest BCUT2D eigenvalue weighted by Crippen LogP contribution is 2.34. The fourth-order valence-electron chi connectivity index (χ4n) is 4.22. The van der Waals surface area contributed by atoms with Gasteiger partial charge in [-0.15, -0.1) is 0 Å². The summed E-state index contributed by atoms with van der Waals surface area (Å²) in [7, 11) is 0. The van der Waals surface area contributed by atoms with Crippen LogP contribution in [0.2, 0.25) is 10.0 Å². The van der Waals surface area contributed by atoms with Gasteiger partial charge in [-0.1, -0.05) is 35.3 Å². The number of hydrogen-bond acceptors (Lipinski definition) is 3. The molecule has 5 nitrogen and oxygen atoms in total. The first-order valence-corrected chi connectivity index (χ1v) is 11.4. The first-order chi connectivity index (χ1) is 15.4. The number of carbonyl (C=O) groups is 1. The minimum Gasteiger partial charge on any atom is -0.481 e. The van der Waals surface area contributed by atoms with Gasteiger partial charge in [-0.3, -0.25) is 9.89 Å². The predicted octanol–water partition coefficient (Wildman–Crippen LogP) is 5.30. The molecule has 0 aliphatic heterocycles. The minimum absolute atomic E-state index is 0.245. The number of nitrogens with zero attached hydrogens (tertiary/aromatic N) is 1. The Hall–Kier alpha value is -2.41. The van der Waals surface area contributed by atoms with E-state index in [1.54, 1.807) is 24.3 Å². The molecule has 2 atom stereocenters. The van der Waals surface area contributed by atoms with Crippen molar-refractivity contribution in [3.8, 4) is 11.1 Å². The molecule has 8 heteroatoms. The Bertz CT molecular complexity index is 1080. The summed E-state index contributed by atoms with van der Waals surface area (Å²) in [6.07, 6.45) is 5.41. The number of nitrogens with one attached hydrogen (secondary N) is 2. The number of aryl methyl sites for hydroxylation is 1. The van der Waals surface area contributed by atoms with Crippen molar-refractivity contribution in [3.05, 3.63) is 75.3 Å². The van der Waals surface area contributed by atoms with E-state index in [0.29, 0.717) is 34.6 Å². The molecular formula is C24H24Cl2FN3O2. The molecule has 3 N–H and O–H groups in total. The van der Waals surface area contributed by atoms with Crippen molar-refractivity contribution in [2.45, 2.75) is 38.1 Å². The summed E-state index contributed by atoms with van der Waals surface area (Å²) in [5, 5.41) is 21.2. The average Bonchev–Trinajstić information content (AvgIpc) is 3.23.